The SMILES string of the molecule is CNC(=O)c1ccc(NCc2c(C)cccc2C)cc1. The number of rotatable bonds is 4. The fraction of sp³-hybridized carbons (Fsp3) is 0.235. The molecule has 0 heterocycles. The summed E-state index contributed by atoms with van der Waals surface area (Å²) >= 11 is 0. The Morgan fingerprint density at radius 2 is 1.60 bits per heavy atom. The predicted molar refractivity (Wildman–Crippen MR) is 83.1 cm³/mol. The van der Waals surface area contributed by atoms with E-state index < -0.39 is 0 Å². The highest BCUT2D eigenvalue weighted by Gasteiger charge is 2.04. The smallest absolute Gasteiger partial charge is 0.251 e. The van der Waals surface area contributed by atoms with Crippen molar-refractivity contribution in [3.63, 3.8) is 0 Å². The molecule has 1 amide bonds. The molecule has 0 saturated heterocycles. The second-order valence-corrected chi connectivity index (χ2v) is 4.88. The van der Waals surface area contributed by atoms with Gasteiger partial charge in [0.25, 0.3) is 5.91 Å². The lowest BCUT2D eigenvalue weighted by Gasteiger charge is -2.12. The van der Waals surface area contributed by atoms with Gasteiger partial charge < -0.3 is 10.6 Å². The van der Waals surface area contributed by atoms with E-state index in [0.29, 0.717) is 5.56 Å². The van der Waals surface area contributed by atoms with E-state index >= 15 is 0 Å². The third kappa shape index (κ3) is 3.18. The summed E-state index contributed by atoms with van der Waals surface area (Å²) in [7, 11) is 1.63. The zero-order valence-corrected chi connectivity index (χ0v) is 12.2. The van der Waals surface area contributed by atoms with Crippen molar-refractivity contribution in [3.8, 4) is 0 Å². The van der Waals surface area contributed by atoms with Crippen LogP contribution >= 0.6 is 0 Å². The number of benzene rings is 2. The van der Waals surface area contributed by atoms with Crippen molar-refractivity contribution in [3.05, 3.63) is 64.7 Å². The van der Waals surface area contributed by atoms with Gasteiger partial charge in [0.2, 0.25) is 0 Å². The fourth-order valence-corrected chi connectivity index (χ4v) is 2.20. The van der Waals surface area contributed by atoms with Crippen LogP contribution in [0, 0.1) is 13.8 Å². The molecule has 2 rings (SSSR count). The van der Waals surface area contributed by atoms with Crippen molar-refractivity contribution in [2.75, 3.05) is 12.4 Å². The van der Waals surface area contributed by atoms with Crippen LogP contribution in [0.1, 0.15) is 27.0 Å². The van der Waals surface area contributed by atoms with Crippen LogP contribution in [0.15, 0.2) is 42.5 Å². The number of aryl methyl sites for hydroxylation is 2. The van der Waals surface area contributed by atoms with Crippen molar-refractivity contribution in [2.45, 2.75) is 20.4 Å². The van der Waals surface area contributed by atoms with Crippen LogP contribution in [0.2, 0.25) is 0 Å². The minimum atomic E-state index is -0.0636. The van der Waals surface area contributed by atoms with Gasteiger partial charge >= 0.3 is 0 Å². The molecule has 20 heavy (non-hydrogen) atoms. The first kappa shape index (κ1) is 14.1. The van der Waals surface area contributed by atoms with E-state index in [4.69, 9.17) is 0 Å². The van der Waals surface area contributed by atoms with Gasteiger partial charge in [-0.2, -0.15) is 0 Å². The molecular formula is C17H20N2O. The monoisotopic (exact) mass is 268 g/mol. The quantitative estimate of drug-likeness (QED) is 0.893. The molecule has 104 valence electrons. The molecule has 0 atom stereocenters. The Balaban J connectivity index is 2.06. The summed E-state index contributed by atoms with van der Waals surface area (Å²) in [5.74, 6) is -0.0636. The zero-order chi connectivity index (χ0) is 14.5. The Bertz CT molecular complexity index is 583. The third-order valence-electron chi connectivity index (χ3n) is 3.49. The van der Waals surface area contributed by atoms with Gasteiger partial charge in [0.1, 0.15) is 0 Å². The topological polar surface area (TPSA) is 41.1 Å². The van der Waals surface area contributed by atoms with Gasteiger partial charge in [0.05, 0.1) is 0 Å². The lowest BCUT2D eigenvalue weighted by molar-refractivity contribution is 0.0963. The van der Waals surface area contributed by atoms with Gasteiger partial charge in [-0.25, -0.2) is 0 Å². The summed E-state index contributed by atoms with van der Waals surface area (Å²) in [5.41, 5.74) is 5.59. The van der Waals surface area contributed by atoms with Crippen molar-refractivity contribution in [2.24, 2.45) is 0 Å². The zero-order valence-electron chi connectivity index (χ0n) is 12.2. The van der Waals surface area contributed by atoms with Gasteiger partial charge in [0, 0.05) is 24.8 Å². The molecule has 0 unspecified atom stereocenters. The average molecular weight is 268 g/mol. The van der Waals surface area contributed by atoms with Crippen LogP contribution in [0.5, 0.6) is 0 Å². The summed E-state index contributed by atoms with van der Waals surface area (Å²) in [6, 6.07) is 13.8. The van der Waals surface area contributed by atoms with Crippen molar-refractivity contribution in [1.82, 2.24) is 5.32 Å². The summed E-state index contributed by atoms with van der Waals surface area (Å²) in [6.45, 7) is 5.04. The number of carbonyl (C=O) groups is 1. The molecular weight excluding hydrogens is 248 g/mol. The lowest BCUT2D eigenvalue weighted by Crippen LogP contribution is -2.17. The van der Waals surface area contributed by atoms with Gasteiger partial charge in [-0.1, -0.05) is 18.2 Å². The number of hydrogen-bond acceptors (Lipinski definition) is 2. The van der Waals surface area contributed by atoms with Gasteiger partial charge in [-0.3, -0.25) is 4.79 Å². The molecule has 2 aromatic carbocycles. The fourth-order valence-electron chi connectivity index (χ4n) is 2.20. The van der Waals surface area contributed by atoms with Crippen LogP contribution < -0.4 is 10.6 Å². The maximum Gasteiger partial charge on any atom is 0.251 e. The van der Waals surface area contributed by atoms with E-state index in [1.54, 1.807) is 7.05 Å². The molecule has 0 aliphatic rings. The van der Waals surface area contributed by atoms with Gasteiger partial charge in [0.15, 0.2) is 0 Å². The Morgan fingerprint density at radius 3 is 2.15 bits per heavy atom. The minimum Gasteiger partial charge on any atom is -0.381 e. The molecule has 0 aromatic heterocycles. The van der Waals surface area contributed by atoms with Gasteiger partial charge in [-0.05, 0) is 54.8 Å². The summed E-state index contributed by atoms with van der Waals surface area (Å²) in [5, 5.41) is 6.01. The van der Waals surface area contributed by atoms with Gasteiger partial charge in [-0.15, -0.1) is 0 Å². The molecule has 0 radical (unpaired) electrons. The molecule has 0 bridgehead atoms. The molecule has 3 nitrogen and oxygen atoms in total. The largest absolute Gasteiger partial charge is 0.381 e. The molecule has 2 N–H and O–H groups in total. The standard InChI is InChI=1S/C17H20N2O/c1-12-5-4-6-13(2)16(12)11-19-15-9-7-14(8-10-15)17(20)18-3/h4-10,19H,11H2,1-3H3,(H,18,20). The van der Waals surface area contributed by atoms with Crippen molar-refractivity contribution in [1.29, 1.82) is 0 Å². The second kappa shape index (κ2) is 6.24. The summed E-state index contributed by atoms with van der Waals surface area (Å²) in [4.78, 5) is 11.5. The number of amides is 1. The van der Waals surface area contributed by atoms with Crippen LogP contribution in [0.4, 0.5) is 5.69 Å². The number of nitrogens with one attached hydrogen (secondary N) is 2. The normalized spacial score (nSPS) is 10.2. The van der Waals surface area contributed by atoms with E-state index in [9.17, 15) is 4.79 Å². The molecule has 0 saturated carbocycles. The van der Waals surface area contributed by atoms with Crippen molar-refractivity contribution >= 4 is 11.6 Å². The van der Waals surface area contributed by atoms with E-state index in [0.717, 1.165) is 12.2 Å². The maximum absolute atomic E-state index is 11.5. The Labute approximate surface area is 120 Å². The highest BCUT2D eigenvalue weighted by Crippen LogP contribution is 2.16. The van der Waals surface area contributed by atoms with Crippen molar-refractivity contribution < 1.29 is 4.79 Å². The molecule has 3 heteroatoms. The average Bonchev–Trinajstić information content (AvgIpc) is 2.46. The van der Waals surface area contributed by atoms with E-state index in [2.05, 4.69) is 42.7 Å². The van der Waals surface area contributed by atoms with Crippen LogP contribution in [-0.2, 0) is 6.54 Å². The molecule has 0 fully saturated rings. The van der Waals surface area contributed by atoms with E-state index in [1.807, 2.05) is 24.3 Å². The number of hydrogen-bond donors (Lipinski definition) is 2. The first-order valence-corrected chi connectivity index (χ1v) is 6.73. The van der Waals surface area contributed by atoms with E-state index in [1.165, 1.54) is 16.7 Å². The maximum atomic E-state index is 11.5. The highest BCUT2D eigenvalue weighted by molar-refractivity contribution is 5.94. The number of carbonyl (C=O) groups excluding carboxylic acids is 1. The molecule has 2 aromatic rings. The molecule has 0 aliphatic heterocycles. The summed E-state index contributed by atoms with van der Waals surface area (Å²) < 4.78 is 0. The predicted octanol–water partition coefficient (Wildman–Crippen LogP) is 3.28. The summed E-state index contributed by atoms with van der Waals surface area (Å²) in [6.07, 6.45) is 0. The lowest BCUT2D eigenvalue weighted by atomic mass is 10.0. The van der Waals surface area contributed by atoms with Crippen LogP contribution in [-0.4, -0.2) is 13.0 Å². The Kier molecular flexibility index (Phi) is 4.41. The molecule has 0 spiro atoms. The highest BCUT2D eigenvalue weighted by atomic mass is 16.1. The number of anilines is 1. The molecule has 0 aliphatic carbocycles. The Morgan fingerprint density at radius 1 is 1.00 bits per heavy atom. The minimum absolute atomic E-state index is 0.0636. The van der Waals surface area contributed by atoms with Crippen LogP contribution in [0.3, 0.4) is 0 Å². The van der Waals surface area contributed by atoms with E-state index in [-0.39, 0.29) is 5.91 Å². The Hall–Kier alpha value is -2.29. The second-order valence-electron chi connectivity index (χ2n) is 4.88. The van der Waals surface area contributed by atoms with Crippen LogP contribution in [0.25, 0.3) is 0 Å². The first-order valence-electron chi connectivity index (χ1n) is 6.73. The first-order chi connectivity index (χ1) is 9.61. The third-order valence-corrected chi connectivity index (χ3v) is 3.49.